The maximum atomic E-state index is 10.7. The molecule has 0 aliphatic rings. The number of methoxy groups -OCH3 is 1. The predicted octanol–water partition coefficient (Wildman–Crippen LogP) is 1.39. The summed E-state index contributed by atoms with van der Waals surface area (Å²) in [5.74, 6) is 0.507. The molecule has 0 fully saturated rings. The molecule has 6 heteroatoms. The molecule has 0 spiro atoms. The van der Waals surface area contributed by atoms with Crippen LogP contribution in [0.4, 0.5) is 0 Å². The summed E-state index contributed by atoms with van der Waals surface area (Å²) >= 11 is 0. The lowest BCUT2D eigenvalue weighted by molar-refractivity contribution is 0.0555. The zero-order valence-electron chi connectivity index (χ0n) is 9.75. The van der Waals surface area contributed by atoms with E-state index in [0.717, 1.165) is 6.42 Å². The molecule has 5 nitrogen and oxygen atoms in total. The van der Waals surface area contributed by atoms with E-state index in [1.807, 2.05) is 6.92 Å². The monoisotopic (exact) mass is 259 g/mol. The molecule has 0 heterocycles. The fourth-order valence-electron chi connectivity index (χ4n) is 1.24. The minimum absolute atomic E-state index is 0.00193. The van der Waals surface area contributed by atoms with Crippen LogP contribution in [0.2, 0.25) is 0 Å². The van der Waals surface area contributed by atoms with Crippen molar-refractivity contribution in [2.45, 2.75) is 24.3 Å². The van der Waals surface area contributed by atoms with E-state index >= 15 is 0 Å². The highest BCUT2D eigenvalue weighted by Gasteiger charge is 2.06. The smallest absolute Gasteiger partial charge is 0.124 e. The molecule has 1 aromatic rings. The van der Waals surface area contributed by atoms with Crippen LogP contribution < -0.4 is 4.74 Å². The SMILES string of the molecule is CCC(COc1ccc(S(=O)(=O)[O-])cc1)OC. The average molecular weight is 259 g/mol. The van der Waals surface area contributed by atoms with Gasteiger partial charge in [-0.2, -0.15) is 0 Å². The Kier molecular flexibility index (Phi) is 4.92. The molecule has 1 atom stereocenters. The number of rotatable bonds is 6. The van der Waals surface area contributed by atoms with Crippen LogP contribution in [0.1, 0.15) is 13.3 Å². The number of ether oxygens (including phenoxy) is 2. The van der Waals surface area contributed by atoms with Crippen LogP contribution in [0.3, 0.4) is 0 Å². The van der Waals surface area contributed by atoms with Crippen molar-refractivity contribution >= 4 is 10.1 Å². The number of hydrogen-bond donors (Lipinski definition) is 0. The first kappa shape index (κ1) is 14.0. The molecule has 0 radical (unpaired) electrons. The highest BCUT2D eigenvalue weighted by atomic mass is 32.2. The van der Waals surface area contributed by atoms with Gasteiger partial charge < -0.3 is 14.0 Å². The van der Waals surface area contributed by atoms with Gasteiger partial charge in [0.05, 0.1) is 11.0 Å². The summed E-state index contributed by atoms with van der Waals surface area (Å²) in [5, 5.41) is 0. The Labute approximate surface area is 101 Å². The molecular formula is C11H15O5S-. The molecule has 96 valence electrons. The van der Waals surface area contributed by atoms with E-state index in [0.29, 0.717) is 12.4 Å². The molecular weight excluding hydrogens is 244 g/mol. The number of benzene rings is 1. The third kappa shape index (κ3) is 4.33. The quantitative estimate of drug-likeness (QED) is 0.722. The van der Waals surface area contributed by atoms with Gasteiger partial charge in [0.25, 0.3) is 0 Å². The largest absolute Gasteiger partial charge is 0.744 e. The van der Waals surface area contributed by atoms with Crippen molar-refractivity contribution in [2.75, 3.05) is 13.7 Å². The molecule has 0 amide bonds. The van der Waals surface area contributed by atoms with Gasteiger partial charge in [0.15, 0.2) is 0 Å². The Hall–Kier alpha value is -1.11. The molecule has 0 N–H and O–H groups in total. The molecule has 0 aliphatic heterocycles. The third-order valence-corrected chi connectivity index (χ3v) is 3.19. The second-order valence-electron chi connectivity index (χ2n) is 3.50. The van der Waals surface area contributed by atoms with E-state index in [1.165, 1.54) is 24.3 Å². The highest BCUT2D eigenvalue weighted by Crippen LogP contribution is 2.16. The van der Waals surface area contributed by atoms with Gasteiger partial charge in [-0.25, -0.2) is 8.42 Å². The van der Waals surface area contributed by atoms with E-state index in [-0.39, 0.29) is 11.0 Å². The number of hydrogen-bond acceptors (Lipinski definition) is 5. The lowest BCUT2D eigenvalue weighted by atomic mass is 10.3. The third-order valence-electron chi connectivity index (χ3n) is 2.34. The zero-order chi connectivity index (χ0) is 12.9. The molecule has 1 rings (SSSR count). The Balaban J connectivity index is 2.63. The molecule has 1 unspecified atom stereocenters. The highest BCUT2D eigenvalue weighted by molar-refractivity contribution is 7.85. The van der Waals surface area contributed by atoms with Crippen LogP contribution in [-0.2, 0) is 14.9 Å². The Morgan fingerprint density at radius 2 is 1.88 bits per heavy atom. The van der Waals surface area contributed by atoms with E-state index in [4.69, 9.17) is 9.47 Å². The maximum absolute atomic E-state index is 10.7. The van der Waals surface area contributed by atoms with Crippen LogP contribution in [-0.4, -0.2) is 32.8 Å². The van der Waals surface area contributed by atoms with Gasteiger partial charge in [0.2, 0.25) is 0 Å². The Bertz CT molecular complexity index is 433. The van der Waals surface area contributed by atoms with Crippen LogP contribution in [0.15, 0.2) is 29.2 Å². The predicted molar refractivity (Wildman–Crippen MR) is 61.0 cm³/mol. The fraction of sp³-hybridized carbons (Fsp3) is 0.455. The first-order valence-corrected chi connectivity index (χ1v) is 6.59. The Morgan fingerprint density at radius 1 is 1.29 bits per heavy atom. The van der Waals surface area contributed by atoms with Gasteiger partial charge >= 0.3 is 0 Å². The fourth-order valence-corrected chi connectivity index (χ4v) is 1.71. The summed E-state index contributed by atoms with van der Waals surface area (Å²) in [6.07, 6.45) is 0.821. The summed E-state index contributed by atoms with van der Waals surface area (Å²) in [5.41, 5.74) is 0. The topological polar surface area (TPSA) is 75.7 Å². The van der Waals surface area contributed by atoms with Crippen LogP contribution >= 0.6 is 0 Å². The van der Waals surface area contributed by atoms with E-state index < -0.39 is 10.1 Å². The minimum atomic E-state index is -4.39. The van der Waals surface area contributed by atoms with Gasteiger partial charge in [-0.1, -0.05) is 6.92 Å². The van der Waals surface area contributed by atoms with Crippen molar-refractivity contribution in [2.24, 2.45) is 0 Å². The normalized spacial score (nSPS) is 13.4. The first-order valence-electron chi connectivity index (χ1n) is 5.19. The molecule has 0 saturated carbocycles. The van der Waals surface area contributed by atoms with Crippen molar-refractivity contribution in [1.29, 1.82) is 0 Å². The molecule has 0 aliphatic carbocycles. The average Bonchev–Trinajstić information content (AvgIpc) is 2.30. The summed E-state index contributed by atoms with van der Waals surface area (Å²) in [6, 6.07) is 5.36. The molecule has 17 heavy (non-hydrogen) atoms. The summed E-state index contributed by atoms with van der Waals surface area (Å²) in [6.45, 7) is 2.36. The standard InChI is InChI=1S/C11H16O5S/c1-3-9(15-2)8-16-10-4-6-11(7-5-10)17(12,13)14/h4-7,9H,3,8H2,1-2H3,(H,12,13,14)/p-1. The second kappa shape index (κ2) is 6.00. The Morgan fingerprint density at radius 3 is 2.29 bits per heavy atom. The van der Waals surface area contributed by atoms with Gasteiger partial charge in [0, 0.05) is 7.11 Å². The van der Waals surface area contributed by atoms with Crippen LogP contribution in [0.5, 0.6) is 5.75 Å². The zero-order valence-corrected chi connectivity index (χ0v) is 10.6. The second-order valence-corrected chi connectivity index (χ2v) is 4.88. The van der Waals surface area contributed by atoms with Crippen LogP contribution in [0, 0.1) is 0 Å². The van der Waals surface area contributed by atoms with Crippen molar-refractivity contribution in [1.82, 2.24) is 0 Å². The van der Waals surface area contributed by atoms with E-state index in [1.54, 1.807) is 7.11 Å². The molecule has 1 aromatic carbocycles. The van der Waals surface area contributed by atoms with Crippen molar-refractivity contribution in [3.63, 3.8) is 0 Å². The first-order chi connectivity index (χ1) is 7.97. The van der Waals surface area contributed by atoms with Crippen LogP contribution in [0.25, 0.3) is 0 Å². The summed E-state index contributed by atoms with van der Waals surface area (Å²) in [7, 11) is -2.79. The molecule has 0 bridgehead atoms. The van der Waals surface area contributed by atoms with Gasteiger partial charge in [-0.3, -0.25) is 0 Å². The van der Waals surface area contributed by atoms with Gasteiger partial charge in [0.1, 0.15) is 22.5 Å². The molecule has 0 aromatic heterocycles. The lowest BCUT2D eigenvalue weighted by Crippen LogP contribution is -2.19. The van der Waals surface area contributed by atoms with Crippen molar-refractivity contribution < 1.29 is 22.4 Å². The maximum Gasteiger partial charge on any atom is 0.124 e. The minimum Gasteiger partial charge on any atom is -0.744 e. The lowest BCUT2D eigenvalue weighted by Gasteiger charge is -2.14. The van der Waals surface area contributed by atoms with Crippen molar-refractivity contribution in [3.05, 3.63) is 24.3 Å². The summed E-state index contributed by atoms with van der Waals surface area (Å²) < 4.78 is 42.6. The summed E-state index contributed by atoms with van der Waals surface area (Å²) in [4.78, 5) is -0.261. The molecule has 0 saturated heterocycles. The van der Waals surface area contributed by atoms with Gasteiger partial charge in [-0.15, -0.1) is 0 Å². The van der Waals surface area contributed by atoms with Crippen molar-refractivity contribution in [3.8, 4) is 5.75 Å². The van der Waals surface area contributed by atoms with E-state index in [9.17, 15) is 13.0 Å². The van der Waals surface area contributed by atoms with E-state index in [2.05, 4.69) is 0 Å². The van der Waals surface area contributed by atoms with Gasteiger partial charge in [-0.05, 0) is 30.7 Å².